The van der Waals surface area contributed by atoms with E-state index in [1.807, 2.05) is 0 Å². The maximum absolute atomic E-state index is 12.0. The molecule has 0 radical (unpaired) electrons. The number of carbonyl (C=O) groups is 2. The van der Waals surface area contributed by atoms with Gasteiger partial charge >= 0.3 is 12.0 Å². The highest BCUT2D eigenvalue weighted by atomic mass is 16.5. The van der Waals surface area contributed by atoms with Gasteiger partial charge < -0.3 is 20.1 Å². The fourth-order valence-corrected chi connectivity index (χ4v) is 2.93. The quantitative estimate of drug-likeness (QED) is 0.796. The summed E-state index contributed by atoms with van der Waals surface area (Å²) < 4.78 is 10.4. The molecule has 1 aliphatic heterocycles. The van der Waals surface area contributed by atoms with Crippen LogP contribution >= 0.6 is 0 Å². The Morgan fingerprint density at radius 1 is 1.24 bits per heavy atom. The molecule has 0 spiro atoms. The Labute approximate surface area is 148 Å². The maximum Gasteiger partial charge on any atom is 0.337 e. The maximum atomic E-state index is 12.0. The minimum atomic E-state index is -0.404. The lowest BCUT2D eigenvalue weighted by molar-refractivity contribution is -0.0777. The fourth-order valence-electron chi connectivity index (χ4n) is 2.93. The number of anilines is 1. The van der Waals surface area contributed by atoms with E-state index in [1.54, 1.807) is 24.3 Å². The van der Waals surface area contributed by atoms with Crippen LogP contribution in [0.4, 0.5) is 10.5 Å². The Hall–Kier alpha value is -2.12. The SMILES string of the molecule is COC(=O)c1ccc(NC(=O)NC[C@H](C)N2C[C@H](C)O[C@@H](C)C2)cc1. The third-order valence-corrected chi connectivity index (χ3v) is 4.19. The van der Waals surface area contributed by atoms with Crippen LogP contribution in [0.2, 0.25) is 0 Å². The minimum Gasteiger partial charge on any atom is -0.465 e. The van der Waals surface area contributed by atoms with E-state index in [0.29, 0.717) is 17.8 Å². The summed E-state index contributed by atoms with van der Waals surface area (Å²) >= 11 is 0. The summed E-state index contributed by atoms with van der Waals surface area (Å²) in [6, 6.07) is 6.51. The second-order valence-corrected chi connectivity index (χ2v) is 6.46. The van der Waals surface area contributed by atoms with Crippen molar-refractivity contribution in [3.63, 3.8) is 0 Å². The lowest BCUT2D eigenvalue weighted by Crippen LogP contribution is -2.52. The van der Waals surface area contributed by atoms with Crippen molar-refractivity contribution in [2.24, 2.45) is 0 Å². The van der Waals surface area contributed by atoms with Gasteiger partial charge in [-0.1, -0.05) is 0 Å². The highest BCUT2D eigenvalue weighted by Gasteiger charge is 2.25. The number of amides is 2. The zero-order chi connectivity index (χ0) is 18.4. The van der Waals surface area contributed by atoms with Gasteiger partial charge in [0.05, 0.1) is 24.9 Å². The molecule has 138 valence electrons. The Balaban J connectivity index is 1.79. The first-order valence-electron chi connectivity index (χ1n) is 8.51. The van der Waals surface area contributed by atoms with Crippen molar-refractivity contribution in [3.05, 3.63) is 29.8 Å². The second-order valence-electron chi connectivity index (χ2n) is 6.46. The third kappa shape index (κ3) is 5.72. The van der Waals surface area contributed by atoms with Crippen molar-refractivity contribution in [3.8, 4) is 0 Å². The molecule has 2 amide bonds. The predicted molar refractivity (Wildman–Crippen MR) is 95.8 cm³/mol. The van der Waals surface area contributed by atoms with E-state index >= 15 is 0 Å². The molecule has 2 N–H and O–H groups in total. The molecule has 1 saturated heterocycles. The van der Waals surface area contributed by atoms with Crippen molar-refractivity contribution in [1.29, 1.82) is 0 Å². The van der Waals surface area contributed by atoms with Crippen molar-refractivity contribution in [2.75, 3.05) is 32.1 Å². The summed E-state index contributed by atoms with van der Waals surface area (Å²) in [5.41, 5.74) is 1.06. The van der Waals surface area contributed by atoms with Crippen molar-refractivity contribution in [1.82, 2.24) is 10.2 Å². The minimum absolute atomic E-state index is 0.202. The Morgan fingerprint density at radius 3 is 2.40 bits per heavy atom. The first kappa shape index (κ1) is 19.2. The zero-order valence-corrected chi connectivity index (χ0v) is 15.2. The van der Waals surface area contributed by atoms with Gasteiger partial charge in [0.1, 0.15) is 0 Å². The van der Waals surface area contributed by atoms with Gasteiger partial charge in [-0.3, -0.25) is 4.90 Å². The second kappa shape index (κ2) is 8.82. The summed E-state index contributed by atoms with van der Waals surface area (Å²) in [6.45, 7) is 8.50. The Kier molecular flexibility index (Phi) is 6.78. The summed E-state index contributed by atoms with van der Waals surface area (Å²) in [5.74, 6) is -0.404. The van der Waals surface area contributed by atoms with Crippen LogP contribution in [0, 0.1) is 0 Å². The number of hydrogen-bond donors (Lipinski definition) is 2. The lowest BCUT2D eigenvalue weighted by Gasteiger charge is -2.38. The molecule has 0 aliphatic carbocycles. The van der Waals surface area contributed by atoms with E-state index < -0.39 is 5.97 Å². The van der Waals surface area contributed by atoms with Crippen molar-refractivity contribution >= 4 is 17.7 Å². The largest absolute Gasteiger partial charge is 0.465 e. The monoisotopic (exact) mass is 349 g/mol. The first-order valence-corrected chi connectivity index (χ1v) is 8.51. The number of urea groups is 1. The molecule has 1 aliphatic rings. The number of hydrogen-bond acceptors (Lipinski definition) is 5. The number of nitrogens with zero attached hydrogens (tertiary/aromatic N) is 1. The van der Waals surface area contributed by atoms with Gasteiger partial charge in [0, 0.05) is 31.4 Å². The van der Waals surface area contributed by atoms with Gasteiger partial charge in [0.15, 0.2) is 0 Å². The molecule has 1 heterocycles. The topological polar surface area (TPSA) is 79.9 Å². The molecular weight excluding hydrogens is 322 g/mol. The van der Waals surface area contributed by atoms with E-state index in [0.717, 1.165) is 13.1 Å². The molecule has 0 aromatic heterocycles. The number of carbonyl (C=O) groups excluding carboxylic acids is 2. The number of morpholine rings is 1. The molecule has 0 bridgehead atoms. The predicted octanol–water partition coefficient (Wildman–Crippen LogP) is 2.09. The van der Waals surface area contributed by atoms with Crippen LogP contribution in [0.15, 0.2) is 24.3 Å². The molecule has 0 saturated carbocycles. The van der Waals surface area contributed by atoms with Gasteiger partial charge in [-0.25, -0.2) is 9.59 Å². The molecule has 7 nitrogen and oxygen atoms in total. The van der Waals surface area contributed by atoms with Crippen LogP contribution < -0.4 is 10.6 Å². The number of methoxy groups -OCH3 is 1. The van der Waals surface area contributed by atoms with E-state index in [4.69, 9.17) is 4.74 Å². The Bertz CT molecular complexity index is 580. The average Bonchev–Trinajstić information content (AvgIpc) is 2.58. The smallest absolute Gasteiger partial charge is 0.337 e. The number of benzene rings is 1. The highest BCUT2D eigenvalue weighted by Crippen LogP contribution is 2.13. The van der Waals surface area contributed by atoms with Crippen LogP contribution in [-0.4, -0.2) is 61.9 Å². The fraction of sp³-hybridized carbons (Fsp3) is 0.556. The summed E-state index contributed by atoms with van der Waals surface area (Å²) in [5, 5.41) is 5.64. The zero-order valence-electron chi connectivity index (χ0n) is 15.2. The standard InChI is InChI=1S/C18H27N3O4/c1-12(21-10-13(2)25-14(3)11-21)9-19-18(23)20-16-7-5-15(6-8-16)17(22)24-4/h5-8,12-14H,9-11H2,1-4H3,(H2,19,20,23)/t12-,13-,14-/m0/s1. The number of esters is 1. The van der Waals surface area contributed by atoms with E-state index in [9.17, 15) is 9.59 Å². The molecule has 2 rings (SSSR count). The van der Waals surface area contributed by atoms with Gasteiger partial charge in [0.2, 0.25) is 0 Å². The van der Waals surface area contributed by atoms with Gasteiger partial charge in [-0.05, 0) is 45.0 Å². The van der Waals surface area contributed by atoms with E-state index in [-0.39, 0.29) is 24.3 Å². The molecule has 25 heavy (non-hydrogen) atoms. The molecule has 1 aromatic carbocycles. The summed E-state index contributed by atoms with van der Waals surface area (Å²) in [6.07, 6.45) is 0.404. The molecule has 3 atom stereocenters. The lowest BCUT2D eigenvalue weighted by atomic mass is 10.2. The van der Waals surface area contributed by atoms with E-state index in [1.165, 1.54) is 7.11 Å². The molecule has 1 aromatic rings. The molecule has 7 heteroatoms. The summed E-state index contributed by atoms with van der Waals surface area (Å²) in [4.78, 5) is 25.8. The number of ether oxygens (including phenoxy) is 2. The summed E-state index contributed by atoms with van der Waals surface area (Å²) in [7, 11) is 1.33. The van der Waals surface area contributed by atoms with Crippen LogP contribution in [-0.2, 0) is 9.47 Å². The first-order chi connectivity index (χ1) is 11.9. The van der Waals surface area contributed by atoms with Gasteiger partial charge in [-0.15, -0.1) is 0 Å². The van der Waals surface area contributed by atoms with Crippen molar-refractivity contribution < 1.29 is 19.1 Å². The van der Waals surface area contributed by atoms with Crippen LogP contribution in [0.25, 0.3) is 0 Å². The molecule has 0 unspecified atom stereocenters. The van der Waals surface area contributed by atoms with Crippen LogP contribution in [0.5, 0.6) is 0 Å². The molecule has 1 fully saturated rings. The number of rotatable bonds is 5. The average molecular weight is 349 g/mol. The normalized spacial score (nSPS) is 22.1. The van der Waals surface area contributed by atoms with Gasteiger partial charge in [0.25, 0.3) is 0 Å². The van der Waals surface area contributed by atoms with Crippen LogP contribution in [0.3, 0.4) is 0 Å². The van der Waals surface area contributed by atoms with Crippen molar-refractivity contribution in [2.45, 2.75) is 39.0 Å². The van der Waals surface area contributed by atoms with Crippen LogP contribution in [0.1, 0.15) is 31.1 Å². The third-order valence-electron chi connectivity index (χ3n) is 4.19. The molecular formula is C18H27N3O4. The highest BCUT2D eigenvalue weighted by molar-refractivity contribution is 5.92. The van der Waals surface area contributed by atoms with Gasteiger partial charge in [-0.2, -0.15) is 0 Å². The Morgan fingerprint density at radius 2 is 1.84 bits per heavy atom. The number of nitrogens with one attached hydrogen (secondary N) is 2. The van der Waals surface area contributed by atoms with E-state index in [2.05, 4.69) is 41.0 Å².